The number of halogens is 1. The molecule has 2 aromatic rings. The molecule has 124 valence electrons. The van der Waals surface area contributed by atoms with Crippen LogP contribution in [0.4, 0.5) is 5.69 Å². The predicted molar refractivity (Wildman–Crippen MR) is 97.7 cm³/mol. The number of amidine groups is 1. The SMILES string of the molecule is CC[C@H]1N(c2ccccc2)C2=[N+](CCC2)[C@@]1(O)c1ccc(Cl)cc1. The summed E-state index contributed by atoms with van der Waals surface area (Å²) in [6, 6.07) is 18.0. The summed E-state index contributed by atoms with van der Waals surface area (Å²) < 4.78 is 2.19. The number of nitrogens with zero attached hydrogens (tertiary/aromatic N) is 2. The second-order valence-electron chi connectivity index (χ2n) is 6.53. The van der Waals surface area contributed by atoms with Crippen molar-refractivity contribution in [2.75, 3.05) is 11.4 Å². The highest BCUT2D eigenvalue weighted by Gasteiger charge is 2.60. The van der Waals surface area contributed by atoms with Crippen molar-refractivity contribution in [2.24, 2.45) is 0 Å². The van der Waals surface area contributed by atoms with E-state index >= 15 is 0 Å². The molecule has 2 aromatic carbocycles. The number of anilines is 1. The van der Waals surface area contributed by atoms with Crippen molar-refractivity contribution in [1.82, 2.24) is 0 Å². The van der Waals surface area contributed by atoms with Gasteiger partial charge in [0, 0.05) is 10.6 Å². The molecule has 0 radical (unpaired) electrons. The molecule has 0 spiro atoms. The van der Waals surface area contributed by atoms with Gasteiger partial charge in [0.05, 0.1) is 13.0 Å². The van der Waals surface area contributed by atoms with Crippen molar-refractivity contribution in [2.45, 2.75) is 38.0 Å². The van der Waals surface area contributed by atoms with E-state index in [2.05, 4.69) is 40.7 Å². The minimum atomic E-state index is -1.01. The lowest BCUT2D eigenvalue weighted by atomic mass is 9.92. The van der Waals surface area contributed by atoms with Crippen molar-refractivity contribution >= 4 is 23.1 Å². The monoisotopic (exact) mass is 341 g/mol. The first kappa shape index (κ1) is 15.7. The zero-order chi connectivity index (χ0) is 16.7. The van der Waals surface area contributed by atoms with Crippen molar-refractivity contribution in [3.05, 3.63) is 65.2 Å². The molecular formula is C20H22ClN2O+. The van der Waals surface area contributed by atoms with Crippen molar-refractivity contribution in [1.29, 1.82) is 0 Å². The largest absolute Gasteiger partial charge is 0.346 e. The van der Waals surface area contributed by atoms with E-state index in [1.807, 2.05) is 30.3 Å². The standard InChI is InChI=1S/C20H22ClN2O/c1-2-18-20(24,15-10-12-16(21)13-11-15)22-14-6-9-19(22)23(18)17-7-4-3-5-8-17/h3-5,7-8,10-13,18,24H,2,6,9,14H2,1H3/q+1/t18-,20-/m1/s1. The van der Waals surface area contributed by atoms with E-state index in [0.717, 1.165) is 37.1 Å². The number of para-hydroxylation sites is 1. The summed E-state index contributed by atoms with van der Waals surface area (Å²) in [6.07, 6.45) is 2.93. The lowest BCUT2D eigenvalue weighted by molar-refractivity contribution is -0.658. The first-order valence-corrected chi connectivity index (χ1v) is 9.00. The number of benzene rings is 2. The molecule has 2 aliphatic rings. The minimum Gasteiger partial charge on any atom is -0.346 e. The van der Waals surface area contributed by atoms with Crippen LogP contribution in [-0.4, -0.2) is 28.1 Å². The van der Waals surface area contributed by atoms with Gasteiger partial charge >= 0.3 is 0 Å². The maximum Gasteiger partial charge on any atom is 0.273 e. The van der Waals surface area contributed by atoms with Gasteiger partial charge in [-0.3, -0.25) is 0 Å². The van der Waals surface area contributed by atoms with E-state index in [4.69, 9.17) is 11.6 Å². The van der Waals surface area contributed by atoms with Crippen molar-refractivity contribution in [3.63, 3.8) is 0 Å². The average Bonchev–Trinajstić information content (AvgIpc) is 3.17. The molecule has 2 heterocycles. The van der Waals surface area contributed by atoms with Crippen LogP contribution in [0.2, 0.25) is 5.02 Å². The molecule has 2 aliphatic heterocycles. The summed E-state index contributed by atoms with van der Waals surface area (Å²) in [5.41, 5.74) is 1.05. The molecule has 0 aliphatic carbocycles. The van der Waals surface area contributed by atoms with Crippen LogP contribution in [0.1, 0.15) is 31.7 Å². The molecule has 1 N–H and O–H groups in total. The fourth-order valence-electron chi connectivity index (χ4n) is 4.24. The summed E-state index contributed by atoms with van der Waals surface area (Å²) >= 11 is 6.06. The lowest BCUT2D eigenvalue weighted by Crippen LogP contribution is -2.49. The van der Waals surface area contributed by atoms with Gasteiger partial charge in [-0.05, 0) is 37.1 Å². The normalized spacial score (nSPS) is 26.1. The van der Waals surface area contributed by atoms with Gasteiger partial charge in [-0.1, -0.05) is 48.9 Å². The molecule has 0 unspecified atom stereocenters. The van der Waals surface area contributed by atoms with Crippen molar-refractivity contribution in [3.8, 4) is 0 Å². The maximum atomic E-state index is 11.8. The van der Waals surface area contributed by atoms with Crippen LogP contribution in [0.25, 0.3) is 0 Å². The van der Waals surface area contributed by atoms with E-state index in [0.29, 0.717) is 5.02 Å². The van der Waals surface area contributed by atoms with E-state index in [-0.39, 0.29) is 6.04 Å². The molecule has 0 aromatic heterocycles. The third kappa shape index (κ3) is 2.19. The minimum absolute atomic E-state index is 0.0172. The Morgan fingerprint density at radius 3 is 2.54 bits per heavy atom. The van der Waals surface area contributed by atoms with Crippen LogP contribution in [0.3, 0.4) is 0 Å². The van der Waals surface area contributed by atoms with Crippen LogP contribution in [-0.2, 0) is 5.72 Å². The summed E-state index contributed by atoms with van der Waals surface area (Å²) in [7, 11) is 0. The molecule has 0 saturated heterocycles. The highest BCUT2D eigenvalue weighted by Crippen LogP contribution is 2.42. The van der Waals surface area contributed by atoms with E-state index in [1.54, 1.807) is 0 Å². The topological polar surface area (TPSA) is 26.5 Å². The second kappa shape index (κ2) is 5.91. The van der Waals surface area contributed by atoms with Gasteiger partial charge < -0.3 is 5.11 Å². The molecule has 4 rings (SSSR count). The second-order valence-corrected chi connectivity index (χ2v) is 6.97. The zero-order valence-corrected chi connectivity index (χ0v) is 14.6. The number of rotatable bonds is 3. The van der Waals surface area contributed by atoms with Crippen molar-refractivity contribution < 1.29 is 9.68 Å². The van der Waals surface area contributed by atoms with Crippen LogP contribution in [0.5, 0.6) is 0 Å². The first-order chi connectivity index (χ1) is 11.7. The molecule has 24 heavy (non-hydrogen) atoms. The van der Waals surface area contributed by atoms with Gasteiger partial charge in [-0.15, -0.1) is 0 Å². The molecule has 0 fully saturated rings. The van der Waals surface area contributed by atoms with Gasteiger partial charge in [0.1, 0.15) is 5.69 Å². The smallest absolute Gasteiger partial charge is 0.273 e. The number of aliphatic hydroxyl groups is 1. The quantitative estimate of drug-likeness (QED) is 0.854. The Morgan fingerprint density at radius 1 is 1.17 bits per heavy atom. The summed E-state index contributed by atoms with van der Waals surface area (Å²) in [5.74, 6) is 1.23. The Hall–Kier alpha value is -1.84. The Balaban J connectivity index is 1.87. The third-order valence-corrected chi connectivity index (χ3v) is 5.50. The summed E-state index contributed by atoms with van der Waals surface area (Å²) in [6.45, 7) is 3.03. The van der Waals surface area contributed by atoms with Gasteiger partial charge in [-0.25, -0.2) is 9.48 Å². The Labute approximate surface area is 147 Å². The van der Waals surface area contributed by atoms with Crippen LogP contribution in [0.15, 0.2) is 54.6 Å². The van der Waals surface area contributed by atoms with E-state index in [9.17, 15) is 5.11 Å². The van der Waals surface area contributed by atoms with E-state index < -0.39 is 5.72 Å². The fourth-order valence-corrected chi connectivity index (χ4v) is 4.37. The maximum absolute atomic E-state index is 11.8. The first-order valence-electron chi connectivity index (χ1n) is 8.62. The number of hydrogen-bond donors (Lipinski definition) is 1. The van der Waals surface area contributed by atoms with Crippen LogP contribution >= 0.6 is 11.6 Å². The highest BCUT2D eigenvalue weighted by molar-refractivity contribution is 6.30. The molecule has 0 amide bonds. The highest BCUT2D eigenvalue weighted by atomic mass is 35.5. The molecule has 4 heteroatoms. The average molecular weight is 342 g/mol. The van der Waals surface area contributed by atoms with Gasteiger partial charge in [0.2, 0.25) is 0 Å². The summed E-state index contributed by atoms with van der Waals surface area (Å²) in [5, 5.41) is 12.5. The molecule has 0 saturated carbocycles. The molecule has 3 nitrogen and oxygen atoms in total. The van der Waals surface area contributed by atoms with Gasteiger partial charge in [0.25, 0.3) is 11.6 Å². The number of hydrogen-bond acceptors (Lipinski definition) is 2. The van der Waals surface area contributed by atoms with Crippen LogP contribution < -0.4 is 4.90 Å². The van der Waals surface area contributed by atoms with E-state index in [1.165, 1.54) is 5.84 Å². The van der Waals surface area contributed by atoms with Crippen LogP contribution in [0, 0.1) is 0 Å². The Morgan fingerprint density at radius 2 is 1.88 bits per heavy atom. The Kier molecular flexibility index (Phi) is 3.86. The predicted octanol–water partition coefficient (Wildman–Crippen LogP) is 3.99. The summed E-state index contributed by atoms with van der Waals surface area (Å²) in [4.78, 5) is 2.33. The molecule has 2 atom stereocenters. The fraction of sp³-hybridized carbons (Fsp3) is 0.350. The molecule has 0 bridgehead atoms. The molecular weight excluding hydrogens is 320 g/mol. The zero-order valence-electron chi connectivity index (χ0n) is 13.8. The lowest BCUT2D eigenvalue weighted by Gasteiger charge is -2.31. The van der Waals surface area contributed by atoms with Gasteiger partial charge in [0.15, 0.2) is 6.04 Å². The van der Waals surface area contributed by atoms with Gasteiger partial charge in [-0.2, -0.15) is 0 Å². The Bertz CT molecular complexity index is 772. The third-order valence-electron chi connectivity index (χ3n) is 5.25.